The number of hydrogen-bond donors (Lipinski definition) is 0. The van der Waals surface area contributed by atoms with Crippen molar-refractivity contribution in [2.45, 2.75) is 32.6 Å². The fraction of sp³-hybridized carbons (Fsp3) is 0.438. The Morgan fingerprint density at radius 1 is 1.33 bits per heavy atom. The van der Waals surface area contributed by atoms with E-state index in [-0.39, 0.29) is 11.4 Å². The molecule has 0 saturated carbocycles. The molecule has 0 aliphatic heterocycles. The summed E-state index contributed by atoms with van der Waals surface area (Å²) in [6.07, 6.45) is 6.01. The van der Waals surface area contributed by atoms with Crippen molar-refractivity contribution in [2.24, 2.45) is 5.41 Å². The van der Waals surface area contributed by atoms with Gasteiger partial charge in [0.15, 0.2) is 0 Å². The van der Waals surface area contributed by atoms with Gasteiger partial charge in [0.05, 0.1) is 12.0 Å². The molecule has 0 radical (unpaired) electrons. The highest BCUT2D eigenvalue weighted by Crippen LogP contribution is 2.52. The number of carbonyl (C=O) groups excluding carboxylic acids is 1. The van der Waals surface area contributed by atoms with Crippen LogP contribution in [0, 0.1) is 5.41 Å². The largest absolute Gasteiger partial charge is 0.465 e. The van der Waals surface area contributed by atoms with Crippen LogP contribution in [0.25, 0.3) is 5.57 Å². The molecule has 2 aliphatic rings. The molecule has 0 bridgehead atoms. The summed E-state index contributed by atoms with van der Waals surface area (Å²) in [5, 5.41) is 0. The van der Waals surface area contributed by atoms with E-state index < -0.39 is 0 Å². The van der Waals surface area contributed by atoms with Crippen LogP contribution in [0.4, 0.5) is 0 Å². The summed E-state index contributed by atoms with van der Waals surface area (Å²) in [6.45, 7) is 2.35. The Morgan fingerprint density at radius 3 is 3.00 bits per heavy atom. The molecule has 3 rings (SSSR count). The van der Waals surface area contributed by atoms with E-state index in [1.54, 1.807) is 0 Å². The van der Waals surface area contributed by atoms with Gasteiger partial charge in [0.25, 0.3) is 0 Å². The van der Waals surface area contributed by atoms with Gasteiger partial charge in [-0.15, -0.1) is 0 Å². The lowest BCUT2D eigenvalue weighted by atomic mass is 9.69. The van der Waals surface area contributed by atoms with Crippen molar-refractivity contribution in [1.82, 2.24) is 0 Å². The molecule has 0 amide bonds. The number of hydrogen-bond acceptors (Lipinski definition) is 2. The second-order valence-electron chi connectivity index (χ2n) is 5.12. The van der Waals surface area contributed by atoms with Gasteiger partial charge in [0, 0.05) is 0 Å². The van der Waals surface area contributed by atoms with Gasteiger partial charge in [-0.3, -0.25) is 4.79 Å². The SMILES string of the molecule is CCOC(=O)C12CCC=C1c1ccccc1CC2. The minimum Gasteiger partial charge on any atom is -0.465 e. The Hall–Kier alpha value is -1.57. The standard InChI is InChI=1S/C16H18O2/c1-2-18-15(17)16-10-5-8-14(16)13-7-4-3-6-12(13)9-11-16/h3-4,6-8H,2,5,9-11H2,1H3. The van der Waals surface area contributed by atoms with Gasteiger partial charge in [0.2, 0.25) is 0 Å². The van der Waals surface area contributed by atoms with E-state index in [0.717, 1.165) is 25.7 Å². The van der Waals surface area contributed by atoms with Crippen LogP contribution in [0.1, 0.15) is 37.3 Å². The molecular weight excluding hydrogens is 224 g/mol. The van der Waals surface area contributed by atoms with Gasteiger partial charge in [-0.1, -0.05) is 30.3 Å². The number of esters is 1. The average Bonchev–Trinajstić information content (AvgIpc) is 2.84. The Labute approximate surface area is 108 Å². The molecule has 1 unspecified atom stereocenters. The number of benzene rings is 1. The molecule has 0 saturated heterocycles. The Kier molecular flexibility index (Phi) is 2.73. The molecule has 18 heavy (non-hydrogen) atoms. The number of allylic oxidation sites excluding steroid dienone is 1. The molecule has 2 heteroatoms. The van der Waals surface area contributed by atoms with Crippen LogP contribution in [-0.2, 0) is 16.0 Å². The zero-order chi connectivity index (χ0) is 12.6. The van der Waals surface area contributed by atoms with E-state index in [0.29, 0.717) is 6.61 Å². The fourth-order valence-corrected chi connectivity index (χ4v) is 3.35. The summed E-state index contributed by atoms with van der Waals surface area (Å²) < 4.78 is 5.32. The van der Waals surface area contributed by atoms with Gasteiger partial charge in [-0.2, -0.15) is 0 Å². The smallest absolute Gasteiger partial charge is 0.316 e. The molecular formula is C16H18O2. The van der Waals surface area contributed by atoms with E-state index in [4.69, 9.17) is 4.74 Å². The van der Waals surface area contributed by atoms with Crippen molar-refractivity contribution in [2.75, 3.05) is 6.61 Å². The topological polar surface area (TPSA) is 26.3 Å². The van der Waals surface area contributed by atoms with Crippen LogP contribution in [0.2, 0.25) is 0 Å². The molecule has 0 N–H and O–H groups in total. The zero-order valence-electron chi connectivity index (χ0n) is 10.7. The minimum atomic E-state index is -0.357. The van der Waals surface area contributed by atoms with Crippen LogP contribution in [-0.4, -0.2) is 12.6 Å². The molecule has 94 valence electrons. The van der Waals surface area contributed by atoms with E-state index in [1.165, 1.54) is 16.7 Å². The number of ether oxygens (including phenoxy) is 1. The molecule has 1 atom stereocenters. The van der Waals surface area contributed by atoms with Gasteiger partial charge in [0.1, 0.15) is 0 Å². The van der Waals surface area contributed by atoms with Crippen molar-refractivity contribution in [3.05, 3.63) is 41.5 Å². The van der Waals surface area contributed by atoms with Crippen LogP contribution in [0.5, 0.6) is 0 Å². The molecule has 0 aromatic heterocycles. The van der Waals surface area contributed by atoms with Gasteiger partial charge < -0.3 is 4.74 Å². The maximum absolute atomic E-state index is 12.3. The maximum atomic E-state index is 12.3. The van der Waals surface area contributed by atoms with Crippen molar-refractivity contribution in [1.29, 1.82) is 0 Å². The highest BCUT2D eigenvalue weighted by atomic mass is 16.5. The number of rotatable bonds is 2. The van der Waals surface area contributed by atoms with Crippen LogP contribution < -0.4 is 0 Å². The first-order valence-corrected chi connectivity index (χ1v) is 6.74. The maximum Gasteiger partial charge on any atom is 0.316 e. The lowest BCUT2D eigenvalue weighted by Crippen LogP contribution is -2.35. The Bertz CT molecular complexity index is 516. The van der Waals surface area contributed by atoms with E-state index in [9.17, 15) is 4.79 Å². The first-order valence-electron chi connectivity index (χ1n) is 6.74. The predicted octanol–water partition coefficient (Wildman–Crippen LogP) is 3.36. The summed E-state index contributed by atoms with van der Waals surface area (Å²) in [5.74, 6) is -0.0248. The van der Waals surface area contributed by atoms with Crippen molar-refractivity contribution in [3.8, 4) is 0 Å². The number of aryl methyl sites for hydroxylation is 1. The summed E-state index contributed by atoms with van der Waals surface area (Å²) in [4.78, 5) is 12.3. The third-order valence-corrected chi connectivity index (χ3v) is 4.23. The van der Waals surface area contributed by atoms with Crippen molar-refractivity contribution in [3.63, 3.8) is 0 Å². The monoisotopic (exact) mass is 242 g/mol. The molecule has 2 nitrogen and oxygen atoms in total. The third kappa shape index (κ3) is 1.52. The van der Waals surface area contributed by atoms with Crippen molar-refractivity contribution < 1.29 is 9.53 Å². The lowest BCUT2D eigenvalue weighted by molar-refractivity contribution is -0.152. The summed E-state index contributed by atoms with van der Waals surface area (Å²) >= 11 is 0. The second-order valence-corrected chi connectivity index (χ2v) is 5.12. The number of fused-ring (bicyclic) bond motifs is 3. The van der Waals surface area contributed by atoms with Crippen LogP contribution in [0.3, 0.4) is 0 Å². The summed E-state index contributed by atoms with van der Waals surface area (Å²) in [5.41, 5.74) is 3.48. The normalized spacial score (nSPS) is 25.1. The van der Waals surface area contributed by atoms with Crippen LogP contribution in [0.15, 0.2) is 30.3 Å². The highest BCUT2D eigenvalue weighted by Gasteiger charge is 2.48. The van der Waals surface area contributed by atoms with E-state index in [1.807, 2.05) is 6.92 Å². The third-order valence-electron chi connectivity index (χ3n) is 4.23. The minimum absolute atomic E-state index is 0.0248. The second kappa shape index (κ2) is 4.27. The molecule has 0 spiro atoms. The van der Waals surface area contributed by atoms with Gasteiger partial charge in [-0.05, 0) is 49.3 Å². The van der Waals surface area contributed by atoms with Gasteiger partial charge in [-0.25, -0.2) is 0 Å². The van der Waals surface area contributed by atoms with Gasteiger partial charge >= 0.3 is 5.97 Å². The van der Waals surface area contributed by atoms with E-state index in [2.05, 4.69) is 30.3 Å². The quantitative estimate of drug-likeness (QED) is 0.743. The fourth-order valence-electron chi connectivity index (χ4n) is 3.35. The molecule has 2 aliphatic carbocycles. The van der Waals surface area contributed by atoms with E-state index >= 15 is 0 Å². The summed E-state index contributed by atoms with van der Waals surface area (Å²) in [7, 11) is 0. The molecule has 1 aromatic carbocycles. The van der Waals surface area contributed by atoms with Crippen molar-refractivity contribution >= 4 is 11.5 Å². The molecule has 1 aromatic rings. The molecule has 0 fully saturated rings. The highest BCUT2D eigenvalue weighted by molar-refractivity contribution is 5.96. The zero-order valence-corrected chi connectivity index (χ0v) is 10.7. The number of carbonyl (C=O) groups is 1. The van der Waals surface area contributed by atoms with Crippen LogP contribution >= 0.6 is 0 Å². The first kappa shape index (κ1) is 11.5. The summed E-state index contributed by atoms with van der Waals surface area (Å²) in [6, 6.07) is 8.44. The lowest BCUT2D eigenvalue weighted by Gasteiger charge is -2.35. The Balaban J connectivity index is 2.05. The Morgan fingerprint density at radius 2 is 2.17 bits per heavy atom. The average molecular weight is 242 g/mol. The predicted molar refractivity (Wildman–Crippen MR) is 71.0 cm³/mol. The molecule has 0 heterocycles. The first-order chi connectivity index (χ1) is 8.78.